The molecule has 4 aromatic rings. The molecule has 4 nitrogen and oxygen atoms in total. The van der Waals surface area contributed by atoms with Crippen molar-refractivity contribution in [1.29, 1.82) is 0 Å². The minimum Gasteiger partial charge on any atom is -0.375 e. The molecule has 0 radical (unpaired) electrons. The predicted octanol–water partition coefficient (Wildman–Crippen LogP) is 5.76. The number of aryl methyl sites for hydroxylation is 2. The monoisotopic (exact) mass is 413 g/mol. The first kappa shape index (κ1) is 19.6. The maximum absolute atomic E-state index is 13.5. The van der Waals surface area contributed by atoms with Crippen LogP contribution in [-0.2, 0) is 17.8 Å². The topological polar surface area (TPSA) is 39.9 Å². The number of fused-ring (bicyclic) bond motifs is 1. The van der Waals surface area contributed by atoms with Crippen LogP contribution in [0.1, 0.15) is 29.4 Å². The molecule has 0 fully saturated rings. The molecular weight excluding hydrogens is 389 g/mol. The van der Waals surface area contributed by atoms with Crippen molar-refractivity contribution in [3.63, 3.8) is 0 Å². The fourth-order valence-corrected chi connectivity index (χ4v) is 4.30. The Balaban J connectivity index is 1.47. The van der Waals surface area contributed by atoms with Gasteiger partial charge in [0.25, 0.3) is 0 Å². The molecule has 3 heterocycles. The highest BCUT2D eigenvalue weighted by molar-refractivity contribution is 5.79. The zero-order chi connectivity index (χ0) is 21.2. The van der Waals surface area contributed by atoms with E-state index < -0.39 is 0 Å². The fourth-order valence-electron chi connectivity index (χ4n) is 4.30. The van der Waals surface area contributed by atoms with Gasteiger partial charge in [0.15, 0.2) is 0 Å². The van der Waals surface area contributed by atoms with Gasteiger partial charge in [-0.1, -0.05) is 24.3 Å². The maximum atomic E-state index is 13.5. The highest BCUT2D eigenvalue weighted by Crippen LogP contribution is 2.39. The Morgan fingerprint density at radius 3 is 2.55 bits per heavy atom. The van der Waals surface area contributed by atoms with Crippen LogP contribution in [0.5, 0.6) is 0 Å². The van der Waals surface area contributed by atoms with Gasteiger partial charge in [0.05, 0.1) is 30.6 Å². The molecule has 0 N–H and O–H groups in total. The molecule has 0 aliphatic carbocycles. The number of benzene rings is 2. The van der Waals surface area contributed by atoms with Crippen molar-refractivity contribution in [2.75, 3.05) is 6.61 Å². The zero-order valence-corrected chi connectivity index (χ0v) is 17.5. The molecule has 5 heteroatoms. The molecule has 1 aliphatic rings. The van der Waals surface area contributed by atoms with Crippen LogP contribution in [0, 0.1) is 12.7 Å². The van der Waals surface area contributed by atoms with Crippen molar-refractivity contribution in [3.05, 3.63) is 95.8 Å². The van der Waals surface area contributed by atoms with Crippen molar-refractivity contribution in [3.8, 4) is 22.5 Å². The molecule has 2 aromatic carbocycles. The lowest BCUT2D eigenvalue weighted by atomic mass is 10.0. The van der Waals surface area contributed by atoms with Gasteiger partial charge >= 0.3 is 0 Å². The van der Waals surface area contributed by atoms with Crippen LogP contribution in [-0.4, -0.2) is 21.1 Å². The van der Waals surface area contributed by atoms with Crippen LogP contribution >= 0.6 is 0 Å². The summed E-state index contributed by atoms with van der Waals surface area (Å²) in [6.45, 7) is 3.33. The quantitative estimate of drug-likeness (QED) is 0.403. The van der Waals surface area contributed by atoms with Crippen molar-refractivity contribution in [2.24, 2.45) is 0 Å². The maximum Gasteiger partial charge on any atom is 0.123 e. The lowest BCUT2D eigenvalue weighted by Crippen LogP contribution is -2.13. The van der Waals surface area contributed by atoms with E-state index in [0.29, 0.717) is 13.2 Å². The average molecular weight is 413 g/mol. The Hall–Kier alpha value is -3.31. The lowest BCUT2D eigenvalue weighted by Gasteiger charge is -2.18. The van der Waals surface area contributed by atoms with Gasteiger partial charge in [0.2, 0.25) is 0 Å². The Labute approximate surface area is 181 Å². The Morgan fingerprint density at radius 2 is 1.77 bits per heavy atom. The minimum atomic E-state index is -0.247. The Morgan fingerprint density at radius 1 is 1.00 bits per heavy atom. The summed E-state index contributed by atoms with van der Waals surface area (Å²) in [5, 5.41) is 0. The number of halogens is 1. The van der Waals surface area contributed by atoms with Gasteiger partial charge in [-0.3, -0.25) is 4.98 Å². The molecule has 1 atom stereocenters. The van der Waals surface area contributed by atoms with Crippen LogP contribution in [0.2, 0.25) is 0 Å². The number of aromatic nitrogens is 3. The van der Waals surface area contributed by atoms with Gasteiger partial charge in [0.1, 0.15) is 11.6 Å². The van der Waals surface area contributed by atoms with E-state index in [9.17, 15) is 4.39 Å². The van der Waals surface area contributed by atoms with Gasteiger partial charge in [-0.15, -0.1) is 0 Å². The van der Waals surface area contributed by atoms with Crippen LogP contribution in [0.15, 0.2) is 73.1 Å². The molecule has 0 spiro atoms. The van der Waals surface area contributed by atoms with E-state index in [1.54, 1.807) is 24.5 Å². The van der Waals surface area contributed by atoms with Gasteiger partial charge in [-0.05, 0) is 60.9 Å². The summed E-state index contributed by atoms with van der Waals surface area (Å²) in [6, 6.07) is 19.1. The Bertz CT molecular complexity index is 1190. The molecule has 5 rings (SSSR count). The van der Waals surface area contributed by atoms with E-state index >= 15 is 0 Å². The second-order valence-electron chi connectivity index (χ2n) is 7.97. The summed E-state index contributed by atoms with van der Waals surface area (Å²) < 4.78 is 22.0. The van der Waals surface area contributed by atoms with E-state index in [-0.39, 0.29) is 11.9 Å². The standard InChI is InChI=1S/C26H24FN3O/c1-18-4-2-3-5-21(18)16-31-17-23-10-11-24-29-25(19-6-8-22(27)9-7-19)26(30(23)24)20-12-14-28-15-13-20/h2-9,12-15,23H,10-11,16-17H2,1H3/t23-/m0/s1. The third kappa shape index (κ3) is 3.89. The van der Waals surface area contributed by atoms with Crippen LogP contribution in [0.3, 0.4) is 0 Å². The fraction of sp³-hybridized carbons (Fsp3) is 0.231. The molecule has 0 saturated carbocycles. The van der Waals surface area contributed by atoms with Crippen molar-refractivity contribution in [2.45, 2.75) is 32.4 Å². The summed E-state index contributed by atoms with van der Waals surface area (Å²) in [4.78, 5) is 9.13. The number of imidazole rings is 1. The number of hydrogen-bond acceptors (Lipinski definition) is 3. The first-order chi connectivity index (χ1) is 15.2. The van der Waals surface area contributed by atoms with Gasteiger partial charge in [0, 0.05) is 29.9 Å². The predicted molar refractivity (Wildman–Crippen MR) is 119 cm³/mol. The van der Waals surface area contributed by atoms with Crippen LogP contribution < -0.4 is 0 Å². The SMILES string of the molecule is Cc1ccccc1COC[C@@H]1CCc2nc(-c3ccc(F)cc3)c(-c3ccncc3)n21. The molecule has 0 saturated heterocycles. The van der Waals surface area contributed by atoms with Gasteiger partial charge in [-0.2, -0.15) is 0 Å². The second-order valence-corrected chi connectivity index (χ2v) is 7.97. The molecule has 31 heavy (non-hydrogen) atoms. The summed E-state index contributed by atoms with van der Waals surface area (Å²) in [6.07, 6.45) is 5.49. The normalized spacial score (nSPS) is 15.2. The second kappa shape index (κ2) is 8.44. The smallest absolute Gasteiger partial charge is 0.123 e. The van der Waals surface area contributed by atoms with Crippen molar-refractivity contribution >= 4 is 0 Å². The average Bonchev–Trinajstić information content (AvgIpc) is 3.36. The number of nitrogens with zero attached hydrogens (tertiary/aromatic N) is 3. The van der Waals surface area contributed by atoms with Crippen LogP contribution in [0.4, 0.5) is 4.39 Å². The molecule has 1 aliphatic heterocycles. The third-order valence-corrected chi connectivity index (χ3v) is 5.95. The zero-order valence-electron chi connectivity index (χ0n) is 17.5. The molecular formula is C26H24FN3O. The molecule has 156 valence electrons. The van der Waals surface area contributed by atoms with Gasteiger partial charge in [-0.25, -0.2) is 9.37 Å². The van der Waals surface area contributed by atoms with E-state index in [2.05, 4.69) is 28.6 Å². The number of pyridine rings is 1. The lowest BCUT2D eigenvalue weighted by molar-refractivity contribution is 0.0922. The number of ether oxygens (including phenoxy) is 1. The first-order valence-corrected chi connectivity index (χ1v) is 10.6. The highest BCUT2D eigenvalue weighted by atomic mass is 19.1. The number of hydrogen-bond donors (Lipinski definition) is 0. The summed E-state index contributed by atoms with van der Waals surface area (Å²) in [7, 11) is 0. The first-order valence-electron chi connectivity index (χ1n) is 10.6. The van der Waals surface area contributed by atoms with Crippen molar-refractivity contribution in [1.82, 2.24) is 14.5 Å². The van der Waals surface area contributed by atoms with E-state index in [4.69, 9.17) is 9.72 Å². The summed E-state index contributed by atoms with van der Waals surface area (Å²) >= 11 is 0. The largest absolute Gasteiger partial charge is 0.375 e. The van der Waals surface area contributed by atoms with E-state index in [0.717, 1.165) is 41.2 Å². The van der Waals surface area contributed by atoms with Crippen LogP contribution in [0.25, 0.3) is 22.5 Å². The van der Waals surface area contributed by atoms with E-state index in [1.165, 1.54) is 23.3 Å². The molecule has 0 unspecified atom stereocenters. The molecule has 0 bridgehead atoms. The minimum absolute atomic E-state index is 0.212. The van der Waals surface area contributed by atoms with E-state index in [1.807, 2.05) is 24.3 Å². The van der Waals surface area contributed by atoms with Gasteiger partial charge < -0.3 is 9.30 Å². The number of rotatable bonds is 6. The molecule has 2 aromatic heterocycles. The van der Waals surface area contributed by atoms with Crippen molar-refractivity contribution < 1.29 is 9.13 Å². The summed E-state index contributed by atoms with van der Waals surface area (Å²) in [5.41, 5.74) is 6.35. The summed E-state index contributed by atoms with van der Waals surface area (Å²) in [5.74, 6) is 0.805. The Kier molecular flexibility index (Phi) is 5.35. The third-order valence-electron chi connectivity index (χ3n) is 5.95. The highest BCUT2D eigenvalue weighted by Gasteiger charge is 2.30. The molecule has 0 amide bonds.